The highest BCUT2D eigenvalue weighted by Crippen LogP contribution is 2.27. The molecule has 5 heteroatoms. The maximum Gasteiger partial charge on any atom is 0.115 e. The number of rotatable bonds is 7. The molecule has 0 aliphatic heterocycles. The summed E-state index contributed by atoms with van der Waals surface area (Å²) in [7, 11) is 0. The summed E-state index contributed by atoms with van der Waals surface area (Å²) < 4.78 is 1.93. The molecule has 0 aliphatic rings. The Morgan fingerprint density at radius 3 is 1.65 bits per heavy atom. The van der Waals surface area contributed by atoms with Crippen LogP contribution in [-0.4, -0.2) is 45.9 Å². The van der Waals surface area contributed by atoms with Crippen LogP contribution in [0.25, 0.3) is 11.1 Å². The van der Waals surface area contributed by atoms with Gasteiger partial charge in [0.25, 0.3) is 0 Å². The summed E-state index contributed by atoms with van der Waals surface area (Å²) in [4.78, 5) is 1.06. The minimum atomic E-state index is 0.0680. The minimum absolute atomic E-state index is 0.0680. The van der Waals surface area contributed by atoms with Crippen LogP contribution in [0.5, 0.6) is 5.75 Å². The van der Waals surface area contributed by atoms with Crippen LogP contribution in [0, 0.1) is 0 Å². The molecule has 126 valence electrons. The van der Waals surface area contributed by atoms with Gasteiger partial charge >= 0.3 is 0 Å². The van der Waals surface area contributed by atoms with Gasteiger partial charge in [0.05, 0.1) is 13.2 Å². The summed E-state index contributed by atoms with van der Waals surface area (Å²) in [5, 5.41) is 27.3. The number of phenolic OH excluding ortho intramolecular Hbond substituents is 1. The van der Waals surface area contributed by atoms with Gasteiger partial charge in [0, 0.05) is 18.0 Å². The molecule has 0 heterocycles. The Bertz CT molecular complexity index is 537. The molecule has 3 N–H and O–H groups in total. The van der Waals surface area contributed by atoms with Crippen molar-refractivity contribution in [1.29, 1.82) is 0 Å². The molecule has 0 aromatic heterocycles. The Balaban J connectivity index is 0.00000127. The highest BCUT2D eigenvalue weighted by molar-refractivity contribution is 7.97. The Morgan fingerprint density at radius 2 is 1.22 bits per heavy atom. The molecule has 0 radical (unpaired) electrons. The van der Waals surface area contributed by atoms with Crippen molar-refractivity contribution in [3.05, 3.63) is 48.5 Å². The summed E-state index contributed by atoms with van der Waals surface area (Å²) in [6.45, 7) is 5.17. The lowest BCUT2D eigenvalue weighted by Gasteiger charge is -2.18. The van der Waals surface area contributed by atoms with E-state index >= 15 is 0 Å². The summed E-state index contributed by atoms with van der Waals surface area (Å²) >= 11 is 1.52. The van der Waals surface area contributed by atoms with Crippen LogP contribution < -0.4 is 0 Å². The van der Waals surface area contributed by atoms with Gasteiger partial charge in [0.2, 0.25) is 0 Å². The monoisotopic (exact) mass is 335 g/mol. The molecule has 0 amide bonds. The van der Waals surface area contributed by atoms with Gasteiger partial charge in [-0.05, 0) is 47.3 Å². The molecule has 4 nitrogen and oxygen atoms in total. The van der Waals surface area contributed by atoms with E-state index < -0.39 is 0 Å². The number of aliphatic hydroxyl groups excluding tert-OH is 2. The van der Waals surface area contributed by atoms with Crippen LogP contribution in [-0.2, 0) is 0 Å². The van der Waals surface area contributed by atoms with Crippen molar-refractivity contribution in [2.24, 2.45) is 0 Å². The van der Waals surface area contributed by atoms with Gasteiger partial charge in [-0.3, -0.25) is 0 Å². The van der Waals surface area contributed by atoms with Gasteiger partial charge in [-0.15, -0.1) is 0 Å². The van der Waals surface area contributed by atoms with Crippen molar-refractivity contribution in [2.75, 3.05) is 26.3 Å². The third kappa shape index (κ3) is 6.62. The average molecular weight is 335 g/mol. The number of hydrogen-bond donors (Lipinski definition) is 3. The first-order valence-corrected chi connectivity index (χ1v) is 8.54. The lowest BCUT2D eigenvalue weighted by molar-refractivity contribution is 0.226. The van der Waals surface area contributed by atoms with Gasteiger partial charge in [-0.2, -0.15) is 0 Å². The second-order valence-corrected chi connectivity index (χ2v) is 5.71. The summed E-state index contributed by atoms with van der Waals surface area (Å²) in [5.74, 6) is 0.259. The molecular weight excluding hydrogens is 310 g/mol. The zero-order chi connectivity index (χ0) is 17.1. The second-order valence-electron chi connectivity index (χ2n) is 4.54. The molecule has 2 rings (SSSR count). The molecule has 0 atom stereocenters. The van der Waals surface area contributed by atoms with Gasteiger partial charge in [0.15, 0.2) is 0 Å². The van der Waals surface area contributed by atoms with Crippen molar-refractivity contribution in [2.45, 2.75) is 18.7 Å². The van der Waals surface area contributed by atoms with Crippen LogP contribution in [0.3, 0.4) is 0 Å². The molecule has 0 saturated carbocycles. The van der Waals surface area contributed by atoms with E-state index in [1.54, 1.807) is 12.1 Å². The first-order chi connectivity index (χ1) is 11.2. The van der Waals surface area contributed by atoms with Gasteiger partial charge < -0.3 is 15.3 Å². The van der Waals surface area contributed by atoms with Gasteiger partial charge in [-0.25, -0.2) is 4.31 Å². The first-order valence-electron chi connectivity index (χ1n) is 7.77. The molecule has 0 saturated heterocycles. The van der Waals surface area contributed by atoms with E-state index in [9.17, 15) is 5.11 Å². The zero-order valence-corrected chi connectivity index (χ0v) is 14.5. The van der Waals surface area contributed by atoms with Crippen molar-refractivity contribution in [1.82, 2.24) is 4.31 Å². The Labute approximate surface area is 142 Å². The fourth-order valence-corrected chi connectivity index (χ4v) is 2.84. The van der Waals surface area contributed by atoms with Crippen LogP contribution in [0.1, 0.15) is 13.8 Å². The number of aromatic hydroxyl groups is 1. The number of aliphatic hydroxyl groups is 2. The lowest BCUT2D eigenvalue weighted by atomic mass is 10.1. The third-order valence-electron chi connectivity index (χ3n) is 2.99. The molecule has 0 fully saturated rings. The standard InChI is InChI=1S/C16H19NO3S.C2H6/c18-11-9-17(10-12-19)21-16-7-3-14(4-8-16)13-1-5-15(20)6-2-13;1-2/h1-8,18-20H,9-12H2;1-2H3. The maximum absolute atomic E-state index is 9.30. The smallest absolute Gasteiger partial charge is 0.115 e. The topological polar surface area (TPSA) is 63.9 Å². The minimum Gasteiger partial charge on any atom is -0.508 e. The number of nitrogens with zero attached hydrogens (tertiary/aromatic N) is 1. The first kappa shape index (κ1) is 19.5. The van der Waals surface area contributed by atoms with Crippen molar-refractivity contribution < 1.29 is 15.3 Å². The van der Waals surface area contributed by atoms with E-state index in [-0.39, 0.29) is 19.0 Å². The molecule has 0 bridgehead atoms. The molecule has 0 aliphatic carbocycles. The molecule has 2 aromatic rings. The molecule has 23 heavy (non-hydrogen) atoms. The average Bonchev–Trinajstić information content (AvgIpc) is 2.59. The normalized spacial score (nSPS) is 10.3. The predicted octanol–water partition coefficient (Wildman–Crippen LogP) is 3.38. The van der Waals surface area contributed by atoms with Crippen molar-refractivity contribution in [3.63, 3.8) is 0 Å². The predicted molar refractivity (Wildman–Crippen MR) is 96.5 cm³/mol. The highest BCUT2D eigenvalue weighted by Gasteiger charge is 2.06. The van der Waals surface area contributed by atoms with E-state index in [1.165, 1.54) is 11.9 Å². The van der Waals surface area contributed by atoms with E-state index in [0.29, 0.717) is 13.1 Å². The summed E-state index contributed by atoms with van der Waals surface area (Å²) in [6, 6.07) is 15.1. The van der Waals surface area contributed by atoms with Crippen molar-refractivity contribution >= 4 is 11.9 Å². The molecule has 0 spiro atoms. The van der Waals surface area contributed by atoms with Gasteiger partial charge in [-0.1, -0.05) is 38.1 Å². The quantitative estimate of drug-likeness (QED) is 0.677. The van der Waals surface area contributed by atoms with E-state index in [1.807, 2.05) is 54.6 Å². The van der Waals surface area contributed by atoms with E-state index in [2.05, 4.69) is 0 Å². The largest absolute Gasteiger partial charge is 0.508 e. The molecule has 0 unspecified atom stereocenters. The van der Waals surface area contributed by atoms with Gasteiger partial charge in [0.1, 0.15) is 5.75 Å². The van der Waals surface area contributed by atoms with Crippen molar-refractivity contribution in [3.8, 4) is 16.9 Å². The number of benzene rings is 2. The fourth-order valence-electron chi connectivity index (χ4n) is 1.94. The molecule has 2 aromatic carbocycles. The molecular formula is C18H25NO3S. The maximum atomic E-state index is 9.30. The van der Waals surface area contributed by atoms with Crippen LogP contribution in [0.15, 0.2) is 53.4 Å². The summed E-state index contributed by atoms with van der Waals surface area (Å²) in [5.41, 5.74) is 2.13. The fraction of sp³-hybridized carbons (Fsp3) is 0.333. The van der Waals surface area contributed by atoms with Crippen LogP contribution in [0.2, 0.25) is 0 Å². The van der Waals surface area contributed by atoms with Crippen LogP contribution >= 0.6 is 11.9 Å². The zero-order valence-electron chi connectivity index (χ0n) is 13.6. The van der Waals surface area contributed by atoms with Crippen LogP contribution in [0.4, 0.5) is 0 Å². The Morgan fingerprint density at radius 1 is 0.783 bits per heavy atom. The Hall–Kier alpha value is -1.53. The Kier molecular flexibility index (Phi) is 9.40. The van der Waals surface area contributed by atoms with E-state index in [4.69, 9.17) is 10.2 Å². The third-order valence-corrected chi connectivity index (χ3v) is 4.09. The number of hydrogen-bond acceptors (Lipinski definition) is 5. The SMILES string of the molecule is CC.OCCN(CCO)Sc1ccc(-c2ccc(O)cc2)cc1. The van der Waals surface area contributed by atoms with E-state index in [0.717, 1.165) is 16.0 Å². The highest BCUT2D eigenvalue weighted by atomic mass is 32.2. The number of phenols is 1. The lowest BCUT2D eigenvalue weighted by Crippen LogP contribution is -2.22. The summed E-state index contributed by atoms with van der Waals surface area (Å²) in [6.07, 6.45) is 0. The second kappa shape index (κ2) is 11.1.